The van der Waals surface area contributed by atoms with Crippen LogP contribution in [0.2, 0.25) is 0 Å². The number of amides is 3. The Kier molecular flexibility index (Phi) is 8.87. The molecule has 13 nitrogen and oxygen atoms in total. The molecule has 2 atom stereocenters. The summed E-state index contributed by atoms with van der Waals surface area (Å²) in [6, 6.07) is 2.88. The Hall–Kier alpha value is -3.10. The molecular weight excluding hydrogens is 510 g/mol. The van der Waals surface area contributed by atoms with Gasteiger partial charge in [0.1, 0.15) is 23.1 Å². The van der Waals surface area contributed by atoms with Crippen LogP contribution >= 0.6 is 0 Å². The molecule has 2 aliphatic heterocycles. The zero-order chi connectivity index (χ0) is 27.4. The number of fused-ring (bicyclic) bond motifs is 2. The van der Waals surface area contributed by atoms with Crippen LogP contribution in [0.5, 0.6) is 11.5 Å². The van der Waals surface area contributed by atoms with Gasteiger partial charge < -0.3 is 24.8 Å². The van der Waals surface area contributed by atoms with Gasteiger partial charge in [0.15, 0.2) is 0 Å². The molecule has 0 aromatic heterocycles. The molecule has 206 valence electrons. The second-order valence-electron chi connectivity index (χ2n) is 9.60. The first-order chi connectivity index (χ1) is 17.4. The monoisotopic (exact) mass is 543 g/mol. The van der Waals surface area contributed by atoms with Crippen LogP contribution in [0.1, 0.15) is 49.9 Å². The Labute approximate surface area is 216 Å². The van der Waals surface area contributed by atoms with E-state index in [1.165, 1.54) is 19.1 Å². The van der Waals surface area contributed by atoms with E-state index in [0.717, 1.165) is 5.06 Å². The molecule has 37 heavy (non-hydrogen) atoms. The number of esters is 1. The molecule has 2 N–H and O–H groups in total. The predicted octanol–water partition coefficient (Wildman–Crippen LogP) is 1.61. The van der Waals surface area contributed by atoms with Crippen molar-refractivity contribution < 1.29 is 45.5 Å². The molecule has 0 aliphatic carbocycles. The summed E-state index contributed by atoms with van der Waals surface area (Å²) in [6.07, 6.45) is 1.58. The van der Waals surface area contributed by atoms with Gasteiger partial charge in [-0.25, -0.2) is 13.8 Å². The number of nitrogens with two attached hydrogens (primary N) is 1. The average Bonchev–Trinajstić information content (AvgIpc) is 3.08. The number of rotatable bonds is 13. The Morgan fingerprint density at radius 2 is 1.78 bits per heavy atom. The predicted molar refractivity (Wildman–Crippen MR) is 129 cm³/mol. The minimum absolute atomic E-state index is 0.0769. The Bertz CT molecular complexity index is 1100. The lowest BCUT2D eigenvalue weighted by molar-refractivity contribution is -0.122. The Morgan fingerprint density at radius 1 is 1.14 bits per heavy atom. The molecule has 2 bridgehead atoms. The molecule has 0 unspecified atom stereocenters. The van der Waals surface area contributed by atoms with Crippen molar-refractivity contribution in [3.63, 3.8) is 0 Å². The molecule has 1 aromatic rings. The van der Waals surface area contributed by atoms with E-state index in [-0.39, 0.29) is 25.3 Å². The van der Waals surface area contributed by atoms with Gasteiger partial charge in [-0.3, -0.25) is 4.79 Å². The van der Waals surface area contributed by atoms with Crippen LogP contribution in [0, 0.1) is 5.41 Å². The number of primary amides is 1. The summed E-state index contributed by atoms with van der Waals surface area (Å²) in [5.41, 5.74) is 4.88. The number of carbonyl (C=O) groups is 3. The number of hydrogen-bond donors (Lipinski definition) is 1. The maximum atomic E-state index is 12.5. The molecule has 0 spiro atoms. The number of ether oxygens (including phenoxy) is 3. The molecule has 2 fully saturated rings. The van der Waals surface area contributed by atoms with Crippen LogP contribution in [0.15, 0.2) is 18.2 Å². The summed E-state index contributed by atoms with van der Waals surface area (Å²) in [5, 5.41) is 0.733. The third kappa shape index (κ3) is 6.81. The molecule has 14 heteroatoms. The minimum Gasteiger partial charge on any atom is -0.496 e. The first-order valence-corrected chi connectivity index (χ1v) is 13.1. The van der Waals surface area contributed by atoms with E-state index in [1.54, 1.807) is 32.0 Å². The normalized spacial score (nSPS) is 19.6. The summed E-state index contributed by atoms with van der Waals surface area (Å²) in [6.45, 7) is 3.56. The maximum Gasteiger partial charge on any atom is 0.421 e. The van der Waals surface area contributed by atoms with Gasteiger partial charge in [-0.1, -0.05) is 19.9 Å². The van der Waals surface area contributed by atoms with Crippen LogP contribution in [-0.2, 0) is 28.4 Å². The summed E-state index contributed by atoms with van der Waals surface area (Å²) in [7, 11) is -1.68. The highest BCUT2D eigenvalue weighted by Gasteiger charge is 2.49. The molecule has 1 aromatic carbocycles. The third-order valence-corrected chi connectivity index (χ3v) is 7.03. The Morgan fingerprint density at radius 3 is 2.38 bits per heavy atom. The molecular formula is C23H33N3O10S. The van der Waals surface area contributed by atoms with E-state index in [4.69, 9.17) is 28.4 Å². The molecule has 2 heterocycles. The number of methoxy groups -OCH3 is 2. The fourth-order valence-electron chi connectivity index (χ4n) is 4.29. The molecule has 3 amide bonds. The molecule has 0 saturated carbocycles. The second-order valence-corrected chi connectivity index (χ2v) is 10.8. The fraction of sp³-hybridized carbons (Fsp3) is 0.609. The molecule has 0 radical (unpaired) electrons. The van der Waals surface area contributed by atoms with Crippen molar-refractivity contribution in [2.45, 2.75) is 51.6 Å². The van der Waals surface area contributed by atoms with Crippen molar-refractivity contribution >= 4 is 28.3 Å². The van der Waals surface area contributed by atoms with Gasteiger partial charge in [0.25, 0.3) is 0 Å². The number of piperidine rings is 1. The van der Waals surface area contributed by atoms with Crippen LogP contribution in [-0.4, -0.2) is 82.4 Å². The summed E-state index contributed by atoms with van der Waals surface area (Å²) in [5.74, 6) is -0.604. The number of urea groups is 1. The van der Waals surface area contributed by atoms with Gasteiger partial charge in [-0.15, -0.1) is 4.28 Å². The summed E-state index contributed by atoms with van der Waals surface area (Å²) >= 11 is 0. The zero-order valence-corrected chi connectivity index (χ0v) is 22.1. The first kappa shape index (κ1) is 28.5. The van der Waals surface area contributed by atoms with Gasteiger partial charge >= 0.3 is 22.4 Å². The van der Waals surface area contributed by atoms with E-state index < -0.39 is 45.8 Å². The fourth-order valence-corrected chi connectivity index (χ4v) is 5.18. The van der Waals surface area contributed by atoms with Crippen LogP contribution < -0.4 is 15.2 Å². The zero-order valence-electron chi connectivity index (χ0n) is 21.3. The Balaban J connectivity index is 1.47. The molecule has 2 saturated heterocycles. The largest absolute Gasteiger partial charge is 0.496 e. The number of benzene rings is 1. The number of nitrogens with zero attached hydrogens (tertiary/aromatic N) is 2. The smallest absolute Gasteiger partial charge is 0.421 e. The van der Waals surface area contributed by atoms with Crippen molar-refractivity contribution in [3.8, 4) is 11.5 Å². The lowest BCUT2D eigenvalue weighted by Gasteiger charge is -2.27. The lowest BCUT2D eigenvalue weighted by atomic mass is 9.89. The van der Waals surface area contributed by atoms with Crippen molar-refractivity contribution in [3.05, 3.63) is 23.8 Å². The molecule has 2 aliphatic rings. The number of hydrogen-bond acceptors (Lipinski definition) is 10. The van der Waals surface area contributed by atoms with Crippen molar-refractivity contribution in [1.29, 1.82) is 0 Å². The van der Waals surface area contributed by atoms with Crippen molar-refractivity contribution in [1.82, 2.24) is 9.96 Å². The second kappa shape index (κ2) is 11.5. The maximum absolute atomic E-state index is 12.5. The molecule has 3 rings (SSSR count). The van der Waals surface area contributed by atoms with E-state index in [9.17, 15) is 22.8 Å². The van der Waals surface area contributed by atoms with Crippen LogP contribution in [0.4, 0.5) is 4.79 Å². The van der Waals surface area contributed by atoms with E-state index in [1.807, 2.05) is 0 Å². The van der Waals surface area contributed by atoms with Gasteiger partial charge in [0.2, 0.25) is 5.91 Å². The van der Waals surface area contributed by atoms with Crippen LogP contribution in [0.3, 0.4) is 0 Å². The standard InChI is InChI=1S/C23H33N3O10S/c1-23(2,11-6-12-34-21(28)19-17(32-3)7-5-8-18(19)33-4)14-35-37(30,31)36-26-15-9-10-16(20(24)27)25(13-15)22(26)29/h5,7-8,15-16H,6,9-14H2,1-4H3,(H2,24,27)/t15-,16+/m1/s1. The van der Waals surface area contributed by atoms with Gasteiger partial charge in [0.05, 0.1) is 33.5 Å². The number of carbonyl (C=O) groups excluding carboxylic acids is 3. The van der Waals surface area contributed by atoms with Gasteiger partial charge in [-0.05, 0) is 43.2 Å². The average molecular weight is 544 g/mol. The van der Waals surface area contributed by atoms with E-state index in [2.05, 4.69) is 0 Å². The van der Waals surface area contributed by atoms with E-state index >= 15 is 0 Å². The lowest BCUT2D eigenvalue weighted by Crippen LogP contribution is -2.47. The third-order valence-electron chi connectivity index (χ3n) is 6.28. The van der Waals surface area contributed by atoms with Crippen molar-refractivity contribution in [2.75, 3.05) is 34.0 Å². The van der Waals surface area contributed by atoms with E-state index in [0.29, 0.717) is 37.2 Å². The van der Waals surface area contributed by atoms with Gasteiger partial charge in [0, 0.05) is 6.54 Å². The first-order valence-electron chi connectivity index (χ1n) is 11.8. The van der Waals surface area contributed by atoms with Crippen LogP contribution in [0.25, 0.3) is 0 Å². The summed E-state index contributed by atoms with van der Waals surface area (Å²) in [4.78, 5) is 37.8. The number of hydroxylamine groups is 2. The highest BCUT2D eigenvalue weighted by molar-refractivity contribution is 7.81. The van der Waals surface area contributed by atoms with Gasteiger partial charge in [-0.2, -0.15) is 13.5 Å². The minimum atomic E-state index is -4.55. The highest BCUT2D eigenvalue weighted by Crippen LogP contribution is 2.32. The quantitative estimate of drug-likeness (QED) is 0.285. The van der Waals surface area contributed by atoms with Crippen molar-refractivity contribution in [2.24, 2.45) is 11.1 Å². The summed E-state index contributed by atoms with van der Waals surface area (Å²) < 4.78 is 50.6. The highest BCUT2D eigenvalue weighted by atomic mass is 32.3. The topological polar surface area (TPSA) is 164 Å². The SMILES string of the molecule is COc1cccc(OC)c1C(=O)OCCCC(C)(C)COS(=O)(=O)ON1C(=O)N2C[C@H]1CC[C@H]2C(N)=O.